The second kappa shape index (κ2) is 6.67. The van der Waals surface area contributed by atoms with Gasteiger partial charge in [-0.25, -0.2) is 9.78 Å². The first-order valence-corrected chi connectivity index (χ1v) is 6.28. The number of nitrogens with one attached hydrogen (secondary N) is 1. The topological polar surface area (TPSA) is 110 Å². The van der Waals surface area contributed by atoms with E-state index in [1.54, 1.807) is 24.3 Å². The van der Waals surface area contributed by atoms with Crippen molar-refractivity contribution in [3.05, 3.63) is 47.9 Å². The highest BCUT2D eigenvalue weighted by Crippen LogP contribution is 2.15. The molecule has 1 atom stereocenters. The maximum absolute atomic E-state index is 11.3. The molecule has 0 saturated heterocycles. The van der Waals surface area contributed by atoms with Gasteiger partial charge in [-0.2, -0.15) is 0 Å². The monoisotopic (exact) mass is 288 g/mol. The zero-order valence-corrected chi connectivity index (χ0v) is 11.5. The van der Waals surface area contributed by atoms with Gasteiger partial charge in [0.25, 0.3) is 0 Å². The molecule has 4 N–H and O–H groups in total. The smallest absolute Gasteiger partial charge is 0.358 e. The lowest BCUT2D eigenvalue weighted by molar-refractivity contribution is 0.0593. The SMILES string of the molecule is COC(=O)c1cncc(NCC(O)c2ccc(N)cc2)n1. The first-order chi connectivity index (χ1) is 10.1. The van der Waals surface area contributed by atoms with Crippen LogP contribution in [0.5, 0.6) is 0 Å². The van der Waals surface area contributed by atoms with Crippen LogP contribution in [0, 0.1) is 0 Å². The number of anilines is 2. The Morgan fingerprint density at radius 2 is 2.10 bits per heavy atom. The summed E-state index contributed by atoms with van der Waals surface area (Å²) in [6, 6.07) is 6.93. The molecule has 7 nitrogen and oxygen atoms in total. The molecule has 1 heterocycles. The number of aromatic nitrogens is 2. The molecule has 0 radical (unpaired) electrons. The van der Waals surface area contributed by atoms with Crippen molar-refractivity contribution in [3.8, 4) is 0 Å². The fraction of sp³-hybridized carbons (Fsp3) is 0.214. The Morgan fingerprint density at radius 1 is 1.38 bits per heavy atom. The summed E-state index contributed by atoms with van der Waals surface area (Å²) in [4.78, 5) is 19.3. The van der Waals surface area contributed by atoms with Crippen LogP contribution in [0.1, 0.15) is 22.2 Å². The van der Waals surface area contributed by atoms with E-state index in [1.807, 2.05) is 0 Å². The predicted octanol–water partition coefficient (Wildman–Crippen LogP) is 0.991. The molecule has 0 aliphatic rings. The molecule has 0 spiro atoms. The van der Waals surface area contributed by atoms with Gasteiger partial charge in [0.05, 0.1) is 25.6 Å². The average Bonchev–Trinajstić information content (AvgIpc) is 2.52. The van der Waals surface area contributed by atoms with Crippen molar-refractivity contribution < 1.29 is 14.6 Å². The molecular weight excluding hydrogens is 272 g/mol. The third-order valence-corrected chi connectivity index (χ3v) is 2.83. The van der Waals surface area contributed by atoms with E-state index >= 15 is 0 Å². The minimum atomic E-state index is -0.728. The van der Waals surface area contributed by atoms with Crippen LogP contribution in [-0.4, -0.2) is 34.7 Å². The zero-order valence-electron chi connectivity index (χ0n) is 11.5. The Balaban J connectivity index is 1.99. The summed E-state index contributed by atoms with van der Waals surface area (Å²) < 4.78 is 4.57. The number of hydrogen-bond acceptors (Lipinski definition) is 7. The fourth-order valence-electron chi connectivity index (χ4n) is 1.69. The lowest BCUT2D eigenvalue weighted by Gasteiger charge is -2.13. The standard InChI is InChI=1S/C14H16N4O3/c1-21-14(20)11-6-16-8-13(18-11)17-7-12(19)9-2-4-10(15)5-3-9/h2-6,8,12,19H,7,15H2,1H3,(H,17,18). The molecular formula is C14H16N4O3. The lowest BCUT2D eigenvalue weighted by Crippen LogP contribution is -2.14. The van der Waals surface area contributed by atoms with Crippen molar-refractivity contribution in [2.45, 2.75) is 6.10 Å². The third kappa shape index (κ3) is 3.90. The fourth-order valence-corrected chi connectivity index (χ4v) is 1.69. The second-order valence-electron chi connectivity index (χ2n) is 4.34. The van der Waals surface area contributed by atoms with Crippen LogP contribution in [-0.2, 0) is 4.74 Å². The van der Waals surface area contributed by atoms with Crippen LogP contribution in [0.2, 0.25) is 0 Å². The summed E-state index contributed by atoms with van der Waals surface area (Å²) in [6.45, 7) is 0.225. The van der Waals surface area contributed by atoms with Crippen LogP contribution in [0.25, 0.3) is 0 Å². The summed E-state index contributed by atoms with van der Waals surface area (Å²) >= 11 is 0. The molecule has 2 rings (SSSR count). The minimum Gasteiger partial charge on any atom is -0.464 e. The van der Waals surface area contributed by atoms with Crippen LogP contribution >= 0.6 is 0 Å². The molecule has 2 aromatic rings. The number of methoxy groups -OCH3 is 1. The van der Waals surface area contributed by atoms with E-state index in [0.717, 1.165) is 5.56 Å². The molecule has 0 saturated carbocycles. The zero-order chi connectivity index (χ0) is 15.2. The van der Waals surface area contributed by atoms with Crippen molar-refractivity contribution in [1.29, 1.82) is 0 Å². The first kappa shape index (κ1) is 14.7. The highest BCUT2D eigenvalue weighted by Gasteiger charge is 2.10. The molecule has 0 fully saturated rings. The number of nitrogens with two attached hydrogens (primary N) is 1. The lowest BCUT2D eigenvalue weighted by atomic mass is 10.1. The number of aliphatic hydroxyl groups excluding tert-OH is 1. The quantitative estimate of drug-likeness (QED) is 0.556. The number of nitrogen functional groups attached to an aromatic ring is 1. The van der Waals surface area contributed by atoms with Gasteiger partial charge in [0, 0.05) is 12.2 Å². The molecule has 1 aromatic heterocycles. The van der Waals surface area contributed by atoms with Crippen molar-refractivity contribution in [3.63, 3.8) is 0 Å². The van der Waals surface area contributed by atoms with Gasteiger partial charge in [-0.1, -0.05) is 12.1 Å². The average molecular weight is 288 g/mol. The minimum absolute atomic E-state index is 0.101. The normalized spacial score (nSPS) is 11.7. The van der Waals surface area contributed by atoms with Crippen LogP contribution in [0.4, 0.5) is 11.5 Å². The number of nitrogens with zero attached hydrogens (tertiary/aromatic N) is 2. The molecule has 7 heteroatoms. The second-order valence-corrected chi connectivity index (χ2v) is 4.34. The van der Waals surface area contributed by atoms with Crippen molar-refractivity contribution in [2.75, 3.05) is 24.7 Å². The van der Waals surface area contributed by atoms with Gasteiger partial charge in [-0.15, -0.1) is 0 Å². The van der Waals surface area contributed by atoms with Gasteiger partial charge >= 0.3 is 5.97 Å². The van der Waals surface area contributed by atoms with Gasteiger partial charge < -0.3 is 20.9 Å². The molecule has 0 aliphatic heterocycles. The van der Waals surface area contributed by atoms with Crippen molar-refractivity contribution in [2.24, 2.45) is 0 Å². The van der Waals surface area contributed by atoms with E-state index < -0.39 is 12.1 Å². The molecule has 1 unspecified atom stereocenters. The first-order valence-electron chi connectivity index (χ1n) is 6.28. The number of carbonyl (C=O) groups is 1. The van der Waals surface area contributed by atoms with Gasteiger partial charge in [0.1, 0.15) is 5.82 Å². The Labute approximate surface area is 121 Å². The largest absolute Gasteiger partial charge is 0.464 e. The van der Waals surface area contributed by atoms with Crippen LogP contribution in [0.3, 0.4) is 0 Å². The van der Waals surface area contributed by atoms with E-state index in [4.69, 9.17) is 5.73 Å². The maximum atomic E-state index is 11.3. The Bertz CT molecular complexity index is 616. The van der Waals surface area contributed by atoms with E-state index in [-0.39, 0.29) is 12.2 Å². The highest BCUT2D eigenvalue weighted by molar-refractivity contribution is 5.87. The van der Waals surface area contributed by atoms with E-state index in [1.165, 1.54) is 19.5 Å². The van der Waals surface area contributed by atoms with Crippen LogP contribution in [0.15, 0.2) is 36.7 Å². The number of rotatable bonds is 5. The van der Waals surface area contributed by atoms with Gasteiger partial charge in [-0.05, 0) is 17.7 Å². The molecule has 0 amide bonds. The van der Waals surface area contributed by atoms with Crippen LogP contribution < -0.4 is 11.1 Å². The number of ether oxygens (including phenoxy) is 1. The summed E-state index contributed by atoms with van der Waals surface area (Å²) in [5.74, 6) is -0.183. The van der Waals surface area contributed by atoms with Gasteiger partial charge in [0.2, 0.25) is 0 Å². The Hall–Kier alpha value is -2.67. The molecule has 0 bridgehead atoms. The van der Waals surface area contributed by atoms with E-state index in [0.29, 0.717) is 11.5 Å². The van der Waals surface area contributed by atoms with Gasteiger partial charge in [-0.3, -0.25) is 4.98 Å². The maximum Gasteiger partial charge on any atom is 0.358 e. The highest BCUT2D eigenvalue weighted by atomic mass is 16.5. The number of benzene rings is 1. The van der Waals surface area contributed by atoms with Crippen molar-refractivity contribution >= 4 is 17.5 Å². The summed E-state index contributed by atoms with van der Waals surface area (Å²) in [6.07, 6.45) is 2.05. The Morgan fingerprint density at radius 3 is 2.76 bits per heavy atom. The summed E-state index contributed by atoms with van der Waals surface area (Å²) in [5.41, 5.74) is 7.06. The van der Waals surface area contributed by atoms with E-state index in [9.17, 15) is 9.90 Å². The van der Waals surface area contributed by atoms with Crippen molar-refractivity contribution in [1.82, 2.24) is 9.97 Å². The number of hydrogen-bond donors (Lipinski definition) is 3. The number of esters is 1. The molecule has 0 aliphatic carbocycles. The number of aliphatic hydroxyl groups is 1. The molecule has 110 valence electrons. The summed E-state index contributed by atoms with van der Waals surface area (Å²) in [7, 11) is 1.27. The summed E-state index contributed by atoms with van der Waals surface area (Å²) in [5, 5.41) is 13.0. The predicted molar refractivity (Wildman–Crippen MR) is 77.7 cm³/mol. The third-order valence-electron chi connectivity index (χ3n) is 2.83. The Kier molecular flexibility index (Phi) is 4.68. The molecule has 1 aromatic carbocycles. The number of carbonyl (C=O) groups excluding carboxylic acids is 1. The van der Waals surface area contributed by atoms with E-state index in [2.05, 4.69) is 20.0 Å². The van der Waals surface area contributed by atoms with Gasteiger partial charge in [0.15, 0.2) is 5.69 Å². The molecule has 21 heavy (non-hydrogen) atoms.